The number of aromatic nitrogens is 2. The van der Waals surface area contributed by atoms with Crippen molar-refractivity contribution in [2.45, 2.75) is 12.8 Å². The molecule has 182 valence electrons. The van der Waals surface area contributed by atoms with Crippen molar-refractivity contribution in [2.75, 3.05) is 57.4 Å². The summed E-state index contributed by atoms with van der Waals surface area (Å²) in [7, 11) is 3.20. The Balaban J connectivity index is 1.86. The van der Waals surface area contributed by atoms with E-state index in [1.165, 1.54) is 6.20 Å². The number of para-hydroxylation sites is 1. The molecule has 0 aliphatic carbocycles. The lowest BCUT2D eigenvalue weighted by atomic mass is 10.1. The first-order valence-electron chi connectivity index (χ1n) is 10.9. The van der Waals surface area contributed by atoms with Crippen LogP contribution in [0.1, 0.15) is 12.0 Å². The molecule has 34 heavy (non-hydrogen) atoms. The Morgan fingerprint density at radius 1 is 1.15 bits per heavy atom. The lowest BCUT2D eigenvalue weighted by Gasteiger charge is -2.17. The summed E-state index contributed by atoms with van der Waals surface area (Å²) in [5.41, 5.74) is 9.36. The van der Waals surface area contributed by atoms with Gasteiger partial charge < -0.3 is 30.6 Å². The number of anilines is 5. The number of hydrogen-bond donors (Lipinski definition) is 3. The normalized spacial score (nSPS) is 11.5. The molecule has 3 aromatic rings. The van der Waals surface area contributed by atoms with Crippen LogP contribution in [0, 0.1) is 0 Å². The van der Waals surface area contributed by atoms with Crippen molar-refractivity contribution in [1.82, 2.24) is 14.9 Å². The van der Waals surface area contributed by atoms with E-state index in [2.05, 4.69) is 25.5 Å². The monoisotopic (exact) mass is 502 g/mol. The van der Waals surface area contributed by atoms with Crippen LogP contribution < -0.4 is 26.4 Å². The van der Waals surface area contributed by atoms with E-state index >= 15 is 0 Å². The van der Waals surface area contributed by atoms with E-state index in [-0.39, 0.29) is 0 Å². The summed E-state index contributed by atoms with van der Waals surface area (Å²) >= 11 is 6.36. The van der Waals surface area contributed by atoms with E-state index in [1.54, 1.807) is 20.4 Å². The van der Waals surface area contributed by atoms with E-state index in [0.717, 1.165) is 30.3 Å². The zero-order chi connectivity index (χ0) is 24.9. The molecular formula is C24H32ClN6O2P. The van der Waals surface area contributed by atoms with Gasteiger partial charge in [0.2, 0.25) is 5.95 Å². The summed E-state index contributed by atoms with van der Waals surface area (Å²) in [4.78, 5) is 11.0. The topological polar surface area (TPSA) is 105 Å². The van der Waals surface area contributed by atoms with Gasteiger partial charge in [0.15, 0.2) is 5.82 Å². The largest absolute Gasteiger partial charge is 0.495 e. The fourth-order valence-corrected chi connectivity index (χ4v) is 4.81. The molecule has 0 bridgehead atoms. The molecule has 8 nitrogen and oxygen atoms in total. The molecule has 0 aliphatic rings. The second kappa shape index (κ2) is 11.1. The highest BCUT2D eigenvalue weighted by molar-refractivity contribution is 7.70. The Hall–Kier alpha value is -2.80. The molecule has 0 fully saturated rings. The predicted octanol–water partition coefficient (Wildman–Crippen LogP) is 4.95. The average Bonchev–Trinajstić information content (AvgIpc) is 2.77. The van der Waals surface area contributed by atoms with Gasteiger partial charge in [-0.3, -0.25) is 0 Å². The molecule has 4 N–H and O–H groups in total. The van der Waals surface area contributed by atoms with Crippen LogP contribution in [0.5, 0.6) is 5.75 Å². The predicted molar refractivity (Wildman–Crippen MR) is 143 cm³/mol. The van der Waals surface area contributed by atoms with Gasteiger partial charge in [-0.05, 0) is 76.6 Å². The van der Waals surface area contributed by atoms with Crippen LogP contribution in [0.3, 0.4) is 0 Å². The molecule has 2 aromatic carbocycles. The molecule has 0 saturated carbocycles. The molecule has 0 radical (unpaired) electrons. The zero-order valence-corrected chi connectivity index (χ0v) is 21.9. The van der Waals surface area contributed by atoms with Crippen molar-refractivity contribution in [3.63, 3.8) is 0 Å². The van der Waals surface area contributed by atoms with Crippen LogP contribution in [0.25, 0.3) is 0 Å². The number of nitrogens with two attached hydrogens (primary N) is 1. The smallest absolute Gasteiger partial charge is 0.229 e. The summed E-state index contributed by atoms with van der Waals surface area (Å²) in [6, 6.07) is 11.2. The maximum Gasteiger partial charge on any atom is 0.229 e. The highest BCUT2D eigenvalue weighted by Gasteiger charge is 2.17. The Bertz CT molecular complexity index is 1200. The number of aryl methyl sites for hydroxylation is 1. The number of nitrogen functional groups attached to an aromatic ring is 1. The van der Waals surface area contributed by atoms with Gasteiger partial charge in [0.25, 0.3) is 0 Å². The third-order valence-corrected chi connectivity index (χ3v) is 7.07. The summed E-state index contributed by atoms with van der Waals surface area (Å²) in [5, 5.41) is 7.43. The zero-order valence-electron chi connectivity index (χ0n) is 20.2. The molecule has 1 aromatic heterocycles. The van der Waals surface area contributed by atoms with Gasteiger partial charge in [-0.25, -0.2) is 4.98 Å². The number of benzene rings is 2. The summed E-state index contributed by atoms with van der Waals surface area (Å²) < 4.78 is 18.3. The third-order valence-electron chi connectivity index (χ3n) is 5.24. The number of methoxy groups -OCH3 is 1. The fraction of sp³-hybridized carbons (Fsp3) is 0.333. The van der Waals surface area contributed by atoms with E-state index in [9.17, 15) is 4.57 Å². The number of hydrogen-bond acceptors (Lipinski definition) is 8. The van der Waals surface area contributed by atoms with Gasteiger partial charge in [-0.2, -0.15) is 4.98 Å². The van der Waals surface area contributed by atoms with E-state index in [0.29, 0.717) is 39.6 Å². The number of halogens is 1. The first-order chi connectivity index (χ1) is 16.1. The van der Waals surface area contributed by atoms with Gasteiger partial charge >= 0.3 is 0 Å². The lowest BCUT2D eigenvalue weighted by Crippen LogP contribution is -2.14. The molecule has 0 unspecified atom stereocenters. The minimum absolute atomic E-state index is 0.318. The van der Waals surface area contributed by atoms with Gasteiger partial charge in [0.1, 0.15) is 17.9 Å². The molecule has 0 saturated heterocycles. The quantitative estimate of drug-likeness (QED) is 0.264. The number of ether oxygens (including phenoxy) is 1. The van der Waals surface area contributed by atoms with Crippen LogP contribution in [0.4, 0.5) is 28.8 Å². The number of rotatable bonds is 10. The van der Waals surface area contributed by atoms with Crippen LogP contribution in [0.2, 0.25) is 5.02 Å². The van der Waals surface area contributed by atoms with Crippen LogP contribution in [0.15, 0.2) is 42.6 Å². The van der Waals surface area contributed by atoms with Crippen LogP contribution in [-0.2, 0) is 11.0 Å². The second-order valence-electron chi connectivity index (χ2n) is 8.67. The van der Waals surface area contributed by atoms with Crippen molar-refractivity contribution in [1.29, 1.82) is 0 Å². The molecule has 0 spiro atoms. The van der Waals surface area contributed by atoms with Gasteiger partial charge in [0.05, 0.1) is 24.7 Å². The molecule has 0 aliphatic heterocycles. The SMILES string of the molecule is COc1cc(CCCN(C)C)c(N)cc1Nc1ncc(Cl)c(Nc2ccccc2P(C)(C)=O)n1. The minimum atomic E-state index is -2.51. The summed E-state index contributed by atoms with van der Waals surface area (Å²) in [5.74, 6) is 1.36. The Labute approximate surface area is 206 Å². The van der Waals surface area contributed by atoms with E-state index in [1.807, 2.05) is 50.5 Å². The molecule has 3 rings (SSSR count). The molecular weight excluding hydrogens is 471 g/mol. The first-order valence-corrected chi connectivity index (χ1v) is 13.9. The molecule has 0 amide bonds. The number of nitrogens with one attached hydrogen (secondary N) is 2. The van der Waals surface area contributed by atoms with Gasteiger partial charge in [-0.1, -0.05) is 23.7 Å². The highest BCUT2D eigenvalue weighted by Crippen LogP contribution is 2.39. The minimum Gasteiger partial charge on any atom is -0.495 e. The van der Waals surface area contributed by atoms with Crippen molar-refractivity contribution >= 4 is 52.9 Å². The third kappa shape index (κ3) is 6.63. The summed E-state index contributed by atoms with van der Waals surface area (Å²) in [6.07, 6.45) is 3.35. The van der Waals surface area contributed by atoms with E-state index < -0.39 is 7.14 Å². The van der Waals surface area contributed by atoms with Crippen molar-refractivity contribution in [2.24, 2.45) is 0 Å². The maximum absolute atomic E-state index is 12.7. The molecule has 0 atom stereocenters. The van der Waals surface area contributed by atoms with Crippen LogP contribution in [-0.4, -0.2) is 55.9 Å². The Kier molecular flexibility index (Phi) is 8.42. The van der Waals surface area contributed by atoms with Gasteiger partial charge in [-0.15, -0.1) is 0 Å². The maximum atomic E-state index is 12.7. The standard InChI is InChI=1S/C24H32ClN6O2P/c1-31(2)12-8-9-16-13-21(33-3)20(14-18(16)26)29-24-27-15-17(25)23(30-24)28-19-10-6-7-11-22(19)34(4,5)32/h6-7,10-11,13-15H,8-9,12,26H2,1-5H3,(H2,27,28,29,30). The van der Waals surface area contributed by atoms with Gasteiger partial charge in [0, 0.05) is 11.0 Å². The molecule has 1 heterocycles. The Morgan fingerprint density at radius 3 is 2.56 bits per heavy atom. The van der Waals surface area contributed by atoms with Crippen molar-refractivity contribution in [3.05, 3.63) is 53.2 Å². The van der Waals surface area contributed by atoms with Crippen molar-refractivity contribution in [3.8, 4) is 5.75 Å². The second-order valence-corrected chi connectivity index (χ2v) is 12.3. The van der Waals surface area contributed by atoms with Crippen LogP contribution >= 0.6 is 18.7 Å². The van der Waals surface area contributed by atoms with Crippen molar-refractivity contribution < 1.29 is 9.30 Å². The fourth-order valence-electron chi connectivity index (χ4n) is 3.52. The summed E-state index contributed by atoms with van der Waals surface area (Å²) in [6.45, 7) is 4.43. The number of nitrogens with zero attached hydrogens (tertiary/aromatic N) is 3. The molecule has 10 heteroatoms. The lowest BCUT2D eigenvalue weighted by molar-refractivity contribution is 0.399. The Morgan fingerprint density at radius 2 is 1.88 bits per heavy atom. The average molecular weight is 503 g/mol. The van der Waals surface area contributed by atoms with E-state index in [4.69, 9.17) is 22.1 Å². The highest BCUT2D eigenvalue weighted by atomic mass is 35.5. The first kappa shape index (κ1) is 25.8.